The Kier molecular flexibility index (Phi) is 2.15. The van der Waals surface area contributed by atoms with Crippen molar-refractivity contribution in [2.75, 3.05) is 0 Å². The van der Waals surface area contributed by atoms with E-state index in [4.69, 9.17) is 0 Å². The number of Topliss-reactive ketones (excluding diaryl/α,β-unsaturated/α-hetero) is 2. The second kappa shape index (κ2) is 3.46. The van der Waals surface area contributed by atoms with Crippen molar-refractivity contribution < 1.29 is 9.59 Å². The summed E-state index contributed by atoms with van der Waals surface area (Å²) in [6, 6.07) is 0. The lowest BCUT2D eigenvalue weighted by Gasteiger charge is -2.30. The lowest BCUT2D eigenvalue weighted by atomic mass is 9.70. The third-order valence-electron chi connectivity index (χ3n) is 6.65. The van der Waals surface area contributed by atoms with E-state index in [-0.39, 0.29) is 22.4 Å². The number of hydrogen-bond donors (Lipinski definition) is 0. The number of carbonyl (C=O) groups is 2. The third kappa shape index (κ3) is 1.30. The Balaban J connectivity index is 1.60. The van der Waals surface area contributed by atoms with Crippen LogP contribution in [0.4, 0.5) is 0 Å². The highest BCUT2D eigenvalue weighted by molar-refractivity contribution is 6.41. The molecule has 0 amide bonds. The molecule has 0 heterocycles. The predicted molar refractivity (Wildman–Crippen MR) is 68.0 cm³/mol. The number of carbonyl (C=O) groups excluding carboxylic acids is 2. The number of ketones is 2. The summed E-state index contributed by atoms with van der Waals surface area (Å²) in [5.74, 6) is 1.59. The molecule has 0 spiro atoms. The van der Waals surface area contributed by atoms with Gasteiger partial charge in [-0.15, -0.1) is 0 Å². The number of rotatable bonds is 3. The Morgan fingerprint density at radius 1 is 0.667 bits per heavy atom. The monoisotopic (exact) mass is 246 g/mol. The highest BCUT2D eigenvalue weighted by Gasteiger charge is 2.58. The summed E-state index contributed by atoms with van der Waals surface area (Å²) in [6.07, 6.45) is 10.8. The first kappa shape index (κ1) is 11.2. The lowest BCUT2D eigenvalue weighted by Crippen LogP contribution is -2.41. The van der Waals surface area contributed by atoms with Crippen molar-refractivity contribution in [2.45, 2.75) is 64.2 Å². The first-order chi connectivity index (χ1) is 8.64. The fourth-order valence-electron chi connectivity index (χ4n) is 5.50. The van der Waals surface area contributed by atoms with Gasteiger partial charge in [-0.05, 0) is 76.0 Å². The minimum Gasteiger partial charge on any atom is -0.290 e. The summed E-state index contributed by atoms with van der Waals surface area (Å²) in [5.41, 5.74) is -0.394. The average Bonchev–Trinajstić information content (AvgIpc) is 3.16. The van der Waals surface area contributed by atoms with Crippen LogP contribution in [0.5, 0.6) is 0 Å². The van der Waals surface area contributed by atoms with Crippen molar-refractivity contribution in [2.24, 2.45) is 22.7 Å². The molecule has 0 aromatic carbocycles. The van der Waals surface area contributed by atoms with E-state index in [1.54, 1.807) is 0 Å². The minimum absolute atomic E-state index is 0.0463. The first-order valence-electron chi connectivity index (χ1n) is 7.73. The molecule has 18 heavy (non-hydrogen) atoms. The molecule has 0 aromatic heterocycles. The van der Waals surface area contributed by atoms with Crippen molar-refractivity contribution in [1.82, 2.24) is 0 Å². The molecule has 4 bridgehead atoms. The van der Waals surface area contributed by atoms with E-state index in [2.05, 4.69) is 0 Å². The van der Waals surface area contributed by atoms with Crippen molar-refractivity contribution in [3.63, 3.8) is 0 Å². The quantitative estimate of drug-likeness (QED) is 0.716. The lowest BCUT2D eigenvalue weighted by molar-refractivity contribution is -0.148. The summed E-state index contributed by atoms with van der Waals surface area (Å²) in [6.45, 7) is 0. The Bertz CT molecular complexity index is 367. The fraction of sp³-hybridized carbons (Fsp3) is 0.875. The van der Waals surface area contributed by atoms with Gasteiger partial charge in [0.15, 0.2) is 0 Å². The van der Waals surface area contributed by atoms with Gasteiger partial charge in [0.05, 0.1) is 0 Å². The van der Waals surface area contributed by atoms with Crippen LogP contribution in [0.1, 0.15) is 64.2 Å². The molecule has 0 saturated heterocycles. The molecule has 4 aliphatic rings. The fourth-order valence-corrected chi connectivity index (χ4v) is 5.50. The van der Waals surface area contributed by atoms with Gasteiger partial charge in [-0.2, -0.15) is 0 Å². The second-order valence-corrected chi connectivity index (χ2v) is 7.51. The molecule has 4 aliphatic carbocycles. The van der Waals surface area contributed by atoms with Gasteiger partial charge in [0.2, 0.25) is 11.6 Å². The first-order valence-corrected chi connectivity index (χ1v) is 7.73. The summed E-state index contributed by atoms with van der Waals surface area (Å²) in [4.78, 5) is 25.5. The maximum Gasteiger partial charge on any atom is 0.205 e. The molecule has 4 fully saturated rings. The Labute approximate surface area is 109 Å². The zero-order valence-corrected chi connectivity index (χ0v) is 11.0. The average molecular weight is 246 g/mol. The van der Waals surface area contributed by atoms with Gasteiger partial charge in [-0.3, -0.25) is 9.59 Å². The molecular weight excluding hydrogens is 224 g/mol. The van der Waals surface area contributed by atoms with E-state index in [1.807, 2.05) is 0 Å². The van der Waals surface area contributed by atoms with Gasteiger partial charge in [0.1, 0.15) is 0 Å². The van der Waals surface area contributed by atoms with E-state index >= 15 is 0 Å². The van der Waals surface area contributed by atoms with E-state index in [0.29, 0.717) is 0 Å². The molecule has 2 nitrogen and oxygen atoms in total. The van der Waals surface area contributed by atoms with Gasteiger partial charge in [-0.1, -0.05) is 0 Å². The molecule has 2 heteroatoms. The van der Waals surface area contributed by atoms with E-state index < -0.39 is 0 Å². The van der Waals surface area contributed by atoms with Crippen molar-refractivity contribution >= 4 is 11.6 Å². The molecule has 98 valence electrons. The molecule has 4 rings (SSSR count). The van der Waals surface area contributed by atoms with Gasteiger partial charge >= 0.3 is 0 Å². The topological polar surface area (TPSA) is 34.1 Å². The molecule has 0 atom stereocenters. The van der Waals surface area contributed by atoms with Crippen LogP contribution in [0.3, 0.4) is 0 Å². The maximum absolute atomic E-state index is 12.7. The Morgan fingerprint density at radius 2 is 1.00 bits per heavy atom. The van der Waals surface area contributed by atoms with Gasteiger partial charge < -0.3 is 0 Å². The van der Waals surface area contributed by atoms with E-state index in [1.165, 1.54) is 25.7 Å². The normalized spacial score (nSPS) is 48.9. The zero-order chi connectivity index (χ0) is 12.4. The Morgan fingerprint density at radius 3 is 1.22 bits per heavy atom. The van der Waals surface area contributed by atoms with Gasteiger partial charge in [0.25, 0.3) is 0 Å². The molecule has 0 radical (unpaired) electrons. The SMILES string of the molecule is O=C(C(=O)C12CCC(CC1)C2)C12CCC(CC1)C2. The summed E-state index contributed by atoms with van der Waals surface area (Å²) in [7, 11) is 0. The number of fused-ring (bicyclic) bond motifs is 4. The molecular formula is C16H22O2. The van der Waals surface area contributed by atoms with Crippen LogP contribution < -0.4 is 0 Å². The summed E-state index contributed by atoms with van der Waals surface area (Å²) in [5, 5.41) is 0. The van der Waals surface area contributed by atoms with Crippen LogP contribution in [-0.2, 0) is 9.59 Å². The van der Waals surface area contributed by atoms with Crippen LogP contribution in [0.2, 0.25) is 0 Å². The van der Waals surface area contributed by atoms with Gasteiger partial charge in [-0.25, -0.2) is 0 Å². The molecule has 0 aromatic rings. The van der Waals surface area contributed by atoms with Crippen LogP contribution in [-0.4, -0.2) is 11.6 Å². The van der Waals surface area contributed by atoms with Gasteiger partial charge in [0, 0.05) is 10.8 Å². The standard InChI is InChI=1S/C16H22O2/c17-13(15-5-1-11(9-15)2-6-15)14(18)16-7-3-12(10-16)4-8-16/h11-12H,1-10H2. The third-order valence-corrected chi connectivity index (χ3v) is 6.65. The van der Waals surface area contributed by atoms with Crippen molar-refractivity contribution in [1.29, 1.82) is 0 Å². The zero-order valence-electron chi connectivity index (χ0n) is 11.0. The summed E-state index contributed by atoms with van der Waals surface area (Å²) < 4.78 is 0. The smallest absolute Gasteiger partial charge is 0.205 e. The highest BCUT2D eigenvalue weighted by Crippen LogP contribution is 2.59. The maximum atomic E-state index is 12.7. The van der Waals surface area contributed by atoms with Crippen LogP contribution in [0.15, 0.2) is 0 Å². The predicted octanol–water partition coefficient (Wildman–Crippen LogP) is 3.29. The second-order valence-electron chi connectivity index (χ2n) is 7.51. The Hall–Kier alpha value is -0.660. The van der Waals surface area contributed by atoms with Crippen LogP contribution in [0, 0.1) is 22.7 Å². The molecule has 0 aliphatic heterocycles. The minimum atomic E-state index is -0.197. The highest BCUT2D eigenvalue weighted by atomic mass is 16.2. The number of hydrogen-bond acceptors (Lipinski definition) is 2. The largest absolute Gasteiger partial charge is 0.290 e. The van der Waals surface area contributed by atoms with E-state index in [0.717, 1.165) is 50.4 Å². The van der Waals surface area contributed by atoms with Crippen molar-refractivity contribution in [3.8, 4) is 0 Å². The molecule has 0 unspecified atom stereocenters. The molecule has 0 N–H and O–H groups in total. The van der Waals surface area contributed by atoms with Crippen LogP contribution in [0.25, 0.3) is 0 Å². The van der Waals surface area contributed by atoms with E-state index in [9.17, 15) is 9.59 Å². The van der Waals surface area contributed by atoms with Crippen LogP contribution >= 0.6 is 0 Å². The van der Waals surface area contributed by atoms with Crippen molar-refractivity contribution in [3.05, 3.63) is 0 Å². The summed E-state index contributed by atoms with van der Waals surface area (Å²) >= 11 is 0. The molecule has 4 saturated carbocycles.